The number of hydrogen-bond acceptors (Lipinski definition) is 5. The molecule has 0 fully saturated rings. The first-order chi connectivity index (χ1) is 8.60. The number of halogens is 1. The summed E-state index contributed by atoms with van der Waals surface area (Å²) in [6.07, 6.45) is 1.43. The van der Waals surface area contributed by atoms with E-state index in [9.17, 15) is 0 Å². The topological polar surface area (TPSA) is 73.1 Å². The number of ether oxygens (including phenoxy) is 1. The summed E-state index contributed by atoms with van der Waals surface area (Å²) in [5, 5.41) is 0.328. The third-order valence-corrected chi connectivity index (χ3v) is 2.64. The third kappa shape index (κ3) is 2.69. The van der Waals surface area contributed by atoms with Crippen molar-refractivity contribution in [1.82, 2.24) is 9.97 Å². The number of rotatable bonds is 3. The van der Waals surface area contributed by atoms with E-state index in [1.54, 1.807) is 0 Å². The fraction of sp³-hybridized carbons (Fsp3) is 0.167. The number of benzene rings is 1. The molecule has 0 atom stereocenters. The number of hydrogen-bond donors (Lipinski definition) is 2. The van der Waals surface area contributed by atoms with Crippen LogP contribution >= 0.6 is 11.6 Å². The lowest BCUT2D eigenvalue weighted by molar-refractivity contribution is 0.459. The van der Waals surface area contributed by atoms with Crippen molar-refractivity contribution in [3.8, 4) is 11.6 Å². The maximum atomic E-state index is 5.97. The van der Waals surface area contributed by atoms with Crippen LogP contribution in [0.2, 0.25) is 5.02 Å². The van der Waals surface area contributed by atoms with Gasteiger partial charge in [-0.1, -0.05) is 29.3 Å². The second-order valence-electron chi connectivity index (χ2n) is 3.86. The molecule has 0 aliphatic carbocycles. The standard InChI is InChI=1S/C12H13ClN4O/c1-7-3-4-10(8(2)5-7)18-11-9(13)6-15-12(16-11)17-14/h3-6H,14H2,1-2H3,(H,15,16,17). The number of aryl methyl sites for hydroxylation is 2. The Labute approximate surface area is 110 Å². The Morgan fingerprint density at radius 3 is 2.78 bits per heavy atom. The number of nitrogens with one attached hydrogen (secondary N) is 1. The molecular formula is C12H13ClN4O. The Bertz CT molecular complexity index is 574. The second kappa shape index (κ2) is 5.20. The molecule has 1 heterocycles. The zero-order chi connectivity index (χ0) is 13.1. The Morgan fingerprint density at radius 1 is 1.33 bits per heavy atom. The van der Waals surface area contributed by atoms with Gasteiger partial charge in [-0.05, 0) is 25.5 Å². The number of nitrogen functional groups attached to an aromatic ring is 1. The van der Waals surface area contributed by atoms with Gasteiger partial charge in [0.25, 0.3) is 0 Å². The van der Waals surface area contributed by atoms with Crippen LogP contribution in [-0.2, 0) is 0 Å². The quantitative estimate of drug-likeness (QED) is 0.659. The molecule has 0 saturated heterocycles. The van der Waals surface area contributed by atoms with Gasteiger partial charge in [-0.25, -0.2) is 10.8 Å². The fourth-order valence-electron chi connectivity index (χ4n) is 1.51. The maximum absolute atomic E-state index is 5.97. The first-order valence-electron chi connectivity index (χ1n) is 5.34. The Kier molecular flexibility index (Phi) is 3.64. The van der Waals surface area contributed by atoms with E-state index in [0.29, 0.717) is 10.8 Å². The van der Waals surface area contributed by atoms with Crippen LogP contribution in [0, 0.1) is 13.8 Å². The lowest BCUT2D eigenvalue weighted by Gasteiger charge is -2.10. The number of anilines is 1. The minimum absolute atomic E-state index is 0.249. The van der Waals surface area contributed by atoms with Gasteiger partial charge in [0.15, 0.2) is 0 Å². The zero-order valence-electron chi connectivity index (χ0n) is 10.1. The monoisotopic (exact) mass is 264 g/mol. The number of nitrogens with two attached hydrogens (primary N) is 1. The van der Waals surface area contributed by atoms with Crippen molar-refractivity contribution in [3.63, 3.8) is 0 Å². The summed E-state index contributed by atoms with van der Waals surface area (Å²) in [5.41, 5.74) is 4.51. The zero-order valence-corrected chi connectivity index (χ0v) is 10.8. The predicted octanol–water partition coefficient (Wildman–Crippen LogP) is 2.82. The summed E-state index contributed by atoms with van der Waals surface area (Å²) in [5.74, 6) is 6.46. The second-order valence-corrected chi connectivity index (χ2v) is 4.27. The van der Waals surface area contributed by atoms with Gasteiger partial charge in [0, 0.05) is 0 Å². The van der Waals surface area contributed by atoms with Crippen LogP contribution in [-0.4, -0.2) is 9.97 Å². The molecule has 0 amide bonds. The summed E-state index contributed by atoms with van der Waals surface area (Å²) in [6, 6.07) is 5.85. The molecule has 18 heavy (non-hydrogen) atoms. The lowest BCUT2D eigenvalue weighted by atomic mass is 10.1. The van der Waals surface area contributed by atoms with Crippen molar-refractivity contribution in [2.24, 2.45) is 5.84 Å². The minimum atomic E-state index is 0.249. The summed E-state index contributed by atoms with van der Waals surface area (Å²) in [7, 11) is 0. The molecule has 0 bridgehead atoms. The van der Waals surface area contributed by atoms with E-state index in [1.807, 2.05) is 32.0 Å². The molecule has 0 spiro atoms. The van der Waals surface area contributed by atoms with Crippen LogP contribution < -0.4 is 16.0 Å². The Hall–Kier alpha value is -1.85. The lowest BCUT2D eigenvalue weighted by Crippen LogP contribution is -2.10. The van der Waals surface area contributed by atoms with Crippen molar-refractivity contribution >= 4 is 17.5 Å². The van der Waals surface area contributed by atoms with Crippen LogP contribution in [0.4, 0.5) is 5.95 Å². The molecule has 0 radical (unpaired) electrons. The molecule has 6 heteroatoms. The molecule has 94 valence electrons. The maximum Gasteiger partial charge on any atom is 0.243 e. The molecule has 3 N–H and O–H groups in total. The highest BCUT2D eigenvalue weighted by atomic mass is 35.5. The van der Waals surface area contributed by atoms with Gasteiger partial charge in [0.1, 0.15) is 10.8 Å². The Morgan fingerprint density at radius 2 is 2.11 bits per heavy atom. The minimum Gasteiger partial charge on any atom is -0.437 e. The van der Waals surface area contributed by atoms with Gasteiger partial charge in [-0.2, -0.15) is 4.98 Å². The van der Waals surface area contributed by atoms with E-state index < -0.39 is 0 Å². The largest absolute Gasteiger partial charge is 0.437 e. The van der Waals surface area contributed by atoms with Gasteiger partial charge in [0.2, 0.25) is 11.8 Å². The summed E-state index contributed by atoms with van der Waals surface area (Å²) in [4.78, 5) is 7.92. The fourth-order valence-corrected chi connectivity index (χ4v) is 1.64. The molecule has 0 aliphatic heterocycles. The van der Waals surface area contributed by atoms with Crippen molar-refractivity contribution in [3.05, 3.63) is 40.5 Å². The molecule has 2 rings (SSSR count). The molecule has 1 aromatic heterocycles. The van der Waals surface area contributed by atoms with Crippen molar-refractivity contribution in [2.75, 3.05) is 5.43 Å². The molecule has 0 aliphatic rings. The van der Waals surface area contributed by atoms with Crippen LogP contribution in [0.1, 0.15) is 11.1 Å². The highest BCUT2D eigenvalue weighted by Crippen LogP contribution is 2.29. The normalized spacial score (nSPS) is 10.2. The SMILES string of the molecule is Cc1ccc(Oc2nc(NN)ncc2Cl)c(C)c1. The number of nitrogens with zero attached hydrogens (tertiary/aromatic N) is 2. The summed E-state index contributed by atoms with van der Waals surface area (Å²) >= 11 is 5.97. The average Bonchev–Trinajstić information content (AvgIpc) is 2.35. The van der Waals surface area contributed by atoms with Crippen molar-refractivity contribution < 1.29 is 4.74 Å². The van der Waals surface area contributed by atoms with Gasteiger partial charge < -0.3 is 4.74 Å². The molecule has 0 saturated carbocycles. The molecule has 5 nitrogen and oxygen atoms in total. The van der Waals surface area contributed by atoms with Gasteiger partial charge in [-0.15, -0.1) is 0 Å². The van der Waals surface area contributed by atoms with Gasteiger partial charge >= 0.3 is 0 Å². The highest BCUT2D eigenvalue weighted by Gasteiger charge is 2.09. The molecular weight excluding hydrogens is 252 g/mol. The van der Waals surface area contributed by atoms with E-state index in [4.69, 9.17) is 22.2 Å². The van der Waals surface area contributed by atoms with Crippen LogP contribution in [0.3, 0.4) is 0 Å². The van der Waals surface area contributed by atoms with E-state index in [-0.39, 0.29) is 11.8 Å². The van der Waals surface area contributed by atoms with Crippen molar-refractivity contribution in [2.45, 2.75) is 13.8 Å². The van der Waals surface area contributed by atoms with E-state index in [2.05, 4.69) is 15.4 Å². The predicted molar refractivity (Wildman–Crippen MR) is 70.8 cm³/mol. The summed E-state index contributed by atoms with van der Waals surface area (Å²) < 4.78 is 5.66. The van der Waals surface area contributed by atoms with Gasteiger partial charge in [0.05, 0.1) is 6.20 Å². The molecule has 0 unspecified atom stereocenters. The van der Waals surface area contributed by atoms with Crippen LogP contribution in [0.5, 0.6) is 11.6 Å². The van der Waals surface area contributed by atoms with E-state index >= 15 is 0 Å². The van der Waals surface area contributed by atoms with E-state index in [0.717, 1.165) is 11.1 Å². The van der Waals surface area contributed by atoms with Crippen LogP contribution in [0.15, 0.2) is 24.4 Å². The van der Waals surface area contributed by atoms with Crippen molar-refractivity contribution in [1.29, 1.82) is 0 Å². The highest BCUT2D eigenvalue weighted by molar-refractivity contribution is 6.31. The van der Waals surface area contributed by atoms with E-state index in [1.165, 1.54) is 6.20 Å². The molecule has 2 aromatic rings. The Balaban J connectivity index is 2.33. The van der Waals surface area contributed by atoms with Gasteiger partial charge in [-0.3, -0.25) is 5.43 Å². The number of hydrazine groups is 1. The first kappa shape index (κ1) is 12.6. The average molecular weight is 265 g/mol. The number of aromatic nitrogens is 2. The summed E-state index contributed by atoms with van der Waals surface area (Å²) in [6.45, 7) is 3.98. The first-order valence-corrected chi connectivity index (χ1v) is 5.72. The third-order valence-electron chi connectivity index (χ3n) is 2.38. The van der Waals surface area contributed by atoms with Crippen LogP contribution in [0.25, 0.3) is 0 Å². The smallest absolute Gasteiger partial charge is 0.243 e. The molecule has 1 aromatic carbocycles.